The molecular weight excluding hydrogens is 480 g/mol. The lowest BCUT2D eigenvalue weighted by Crippen LogP contribution is -2.38. The monoisotopic (exact) mass is 514 g/mol. The maximum atomic E-state index is 13.3. The van der Waals surface area contributed by atoms with Crippen LogP contribution < -0.4 is 9.47 Å². The van der Waals surface area contributed by atoms with Crippen molar-refractivity contribution in [2.24, 2.45) is 0 Å². The van der Waals surface area contributed by atoms with E-state index in [-0.39, 0.29) is 11.3 Å². The van der Waals surface area contributed by atoms with Crippen molar-refractivity contribution in [3.8, 4) is 11.5 Å². The van der Waals surface area contributed by atoms with Gasteiger partial charge in [-0.15, -0.1) is 0 Å². The fourth-order valence-corrected chi connectivity index (χ4v) is 4.66. The van der Waals surface area contributed by atoms with Crippen molar-refractivity contribution >= 4 is 17.4 Å². The van der Waals surface area contributed by atoms with E-state index in [0.717, 1.165) is 24.2 Å². The second-order valence-corrected chi connectivity index (χ2v) is 9.09. The minimum Gasteiger partial charge on any atom is -0.507 e. The number of Topliss-reactive ketones (excluding diaryl/α,β-unsaturated/α-hetero) is 1. The first-order valence-corrected chi connectivity index (χ1v) is 12.9. The molecule has 0 aromatic heterocycles. The predicted molar refractivity (Wildman–Crippen MR) is 147 cm³/mol. The van der Waals surface area contributed by atoms with Gasteiger partial charge in [0.2, 0.25) is 0 Å². The van der Waals surface area contributed by atoms with Gasteiger partial charge in [-0.05, 0) is 48.5 Å². The maximum absolute atomic E-state index is 13.3. The molecule has 1 aliphatic rings. The lowest BCUT2D eigenvalue weighted by molar-refractivity contribution is -0.140. The minimum absolute atomic E-state index is 0.0701. The van der Waals surface area contributed by atoms with E-state index in [1.165, 1.54) is 7.11 Å². The molecule has 3 aromatic carbocycles. The van der Waals surface area contributed by atoms with Gasteiger partial charge in [0, 0.05) is 18.7 Å². The average molecular weight is 515 g/mol. The van der Waals surface area contributed by atoms with E-state index < -0.39 is 17.7 Å². The molecule has 0 aliphatic carbocycles. The van der Waals surface area contributed by atoms with E-state index in [4.69, 9.17) is 9.47 Å². The number of rotatable bonds is 11. The van der Waals surface area contributed by atoms with E-state index in [1.54, 1.807) is 29.2 Å². The molecule has 1 fully saturated rings. The number of hydrogen-bond acceptors (Lipinski definition) is 6. The van der Waals surface area contributed by atoms with Gasteiger partial charge < -0.3 is 24.4 Å². The van der Waals surface area contributed by atoms with Crippen LogP contribution in [0.4, 0.5) is 0 Å². The van der Waals surface area contributed by atoms with Crippen molar-refractivity contribution < 1.29 is 24.2 Å². The first kappa shape index (κ1) is 26.9. The highest BCUT2D eigenvalue weighted by Gasteiger charge is 2.46. The number of carbonyl (C=O) groups is 2. The number of ether oxygens (including phenoxy) is 2. The number of amides is 1. The summed E-state index contributed by atoms with van der Waals surface area (Å²) >= 11 is 0. The van der Waals surface area contributed by atoms with Gasteiger partial charge in [-0.1, -0.05) is 68.4 Å². The quantitative estimate of drug-likeness (QED) is 0.220. The number of ketones is 1. The largest absolute Gasteiger partial charge is 0.507 e. The van der Waals surface area contributed by atoms with Gasteiger partial charge >= 0.3 is 0 Å². The molecule has 7 nitrogen and oxygen atoms in total. The Kier molecular flexibility index (Phi) is 8.81. The van der Waals surface area contributed by atoms with E-state index in [9.17, 15) is 14.7 Å². The number of methoxy groups -OCH3 is 1. The lowest BCUT2D eigenvalue weighted by atomic mass is 9.95. The van der Waals surface area contributed by atoms with Crippen LogP contribution in [0.5, 0.6) is 11.5 Å². The molecular formula is C31H34N2O5. The highest BCUT2D eigenvalue weighted by Crippen LogP contribution is 2.40. The van der Waals surface area contributed by atoms with Gasteiger partial charge in [-0.25, -0.2) is 0 Å². The minimum atomic E-state index is -0.722. The molecule has 1 saturated heterocycles. The van der Waals surface area contributed by atoms with Crippen LogP contribution >= 0.6 is 0 Å². The molecule has 38 heavy (non-hydrogen) atoms. The molecule has 1 unspecified atom stereocenters. The molecule has 1 aliphatic heterocycles. The molecule has 0 spiro atoms. The van der Waals surface area contributed by atoms with Gasteiger partial charge in [-0.3, -0.25) is 9.59 Å². The summed E-state index contributed by atoms with van der Waals surface area (Å²) in [7, 11) is 1.53. The molecule has 4 rings (SSSR count). The van der Waals surface area contributed by atoms with E-state index >= 15 is 0 Å². The second kappa shape index (κ2) is 12.4. The lowest BCUT2D eigenvalue weighted by Gasteiger charge is -2.28. The molecule has 3 aromatic rings. The zero-order valence-corrected chi connectivity index (χ0v) is 22.1. The smallest absolute Gasteiger partial charge is 0.295 e. The Bertz CT molecular complexity index is 1280. The fraction of sp³-hybridized carbons (Fsp3) is 0.290. The Morgan fingerprint density at radius 2 is 1.63 bits per heavy atom. The van der Waals surface area contributed by atoms with Crippen molar-refractivity contribution in [1.82, 2.24) is 9.80 Å². The Balaban J connectivity index is 1.69. The number of nitrogens with zero attached hydrogens (tertiary/aromatic N) is 2. The number of carbonyl (C=O) groups excluding carboxylic acids is 2. The SMILES string of the molecule is CCN(CC)CCN1C(=O)C(=O)C(=C(O)c2cccc(OC)c2)C1c1ccc(OCc2ccccc2)cc1. The highest BCUT2D eigenvalue weighted by atomic mass is 16.5. The molecule has 198 valence electrons. The number of hydrogen-bond donors (Lipinski definition) is 1. The summed E-state index contributed by atoms with van der Waals surface area (Å²) < 4.78 is 11.2. The van der Waals surface area contributed by atoms with Crippen LogP contribution in [0.25, 0.3) is 5.76 Å². The Hall–Kier alpha value is -4.10. The molecule has 1 atom stereocenters. The van der Waals surface area contributed by atoms with Crippen molar-refractivity contribution in [1.29, 1.82) is 0 Å². The Morgan fingerprint density at radius 1 is 0.921 bits per heavy atom. The normalized spacial score (nSPS) is 16.7. The fourth-order valence-electron chi connectivity index (χ4n) is 4.66. The van der Waals surface area contributed by atoms with Crippen molar-refractivity contribution in [2.45, 2.75) is 26.5 Å². The second-order valence-electron chi connectivity index (χ2n) is 9.09. The van der Waals surface area contributed by atoms with Gasteiger partial charge in [0.25, 0.3) is 11.7 Å². The number of likely N-dealkylation sites (tertiary alicyclic amines) is 1. The third kappa shape index (κ3) is 5.89. The average Bonchev–Trinajstić information content (AvgIpc) is 3.22. The summed E-state index contributed by atoms with van der Waals surface area (Å²) in [5, 5.41) is 11.3. The molecule has 0 bridgehead atoms. The van der Waals surface area contributed by atoms with Gasteiger partial charge in [0.05, 0.1) is 18.7 Å². The van der Waals surface area contributed by atoms with Crippen molar-refractivity contribution in [2.75, 3.05) is 33.3 Å². The van der Waals surface area contributed by atoms with E-state index in [0.29, 0.717) is 36.8 Å². The predicted octanol–water partition coefficient (Wildman–Crippen LogP) is 5.04. The first-order valence-electron chi connectivity index (χ1n) is 12.9. The van der Waals surface area contributed by atoms with Crippen LogP contribution in [0.3, 0.4) is 0 Å². The zero-order valence-electron chi connectivity index (χ0n) is 22.1. The van der Waals surface area contributed by atoms with Crippen LogP contribution in [0.15, 0.2) is 84.4 Å². The van der Waals surface area contributed by atoms with Gasteiger partial charge in [0.1, 0.15) is 23.9 Å². The zero-order chi connectivity index (χ0) is 27.1. The standard InChI is InChI=1S/C31H34N2O5/c1-4-32(5-2)18-19-33-28(23-14-16-25(17-15-23)38-21-22-10-7-6-8-11-22)27(30(35)31(33)36)29(34)24-12-9-13-26(20-24)37-3/h6-17,20,28,34H,4-5,18-19,21H2,1-3H3. The van der Waals surface area contributed by atoms with Crippen molar-refractivity contribution in [3.63, 3.8) is 0 Å². The van der Waals surface area contributed by atoms with E-state index in [1.807, 2.05) is 54.6 Å². The molecule has 0 radical (unpaired) electrons. The number of aliphatic hydroxyl groups excluding tert-OH is 1. The Morgan fingerprint density at radius 3 is 2.29 bits per heavy atom. The summed E-state index contributed by atoms with van der Waals surface area (Å²) in [4.78, 5) is 30.3. The number of benzene rings is 3. The first-order chi connectivity index (χ1) is 18.5. The van der Waals surface area contributed by atoms with Crippen LogP contribution in [-0.4, -0.2) is 59.9 Å². The molecule has 0 saturated carbocycles. The molecule has 1 N–H and O–H groups in total. The summed E-state index contributed by atoms with van der Waals surface area (Å²) in [6, 6.07) is 23.3. The van der Waals surface area contributed by atoms with Crippen LogP contribution in [0.2, 0.25) is 0 Å². The number of likely N-dealkylation sites (N-methyl/N-ethyl adjacent to an activating group) is 1. The van der Waals surface area contributed by atoms with Crippen LogP contribution in [0, 0.1) is 0 Å². The van der Waals surface area contributed by atoms with Crippen molar-refractivity contribution in [3.05, 3.63) is 101 Å². The third-order valence-corrected chi connectivity index (χ3v) is 6.88. The van der Waals surface area contributed by atoms with Gasteiger partial charge in [-0.2, -0.15) is 0 Å². The van der Waals surface area contributed by atoms with Gasteiger partial charge in [0.15, 0.2) is 0 Å². The van der Waals surface area contributed by atoms with E-state index in [2.05, 4.69) is 18.7 Å². The third-order valence-electron chi connectivity index (χ3n) is 6.88. The highest BCUT2D eigenvalue weighted by molar-refractivity contribution is 6.46. The summed E-state index contributed by atoms with van der Waals surface area (Å²) in [6.07, 6.45) is 0. The molecule has 1 heterocycles. The number of aliphatic hydroxyl groups is 1. The van der Waals surface area contributed by atoms with Crippen LogP contribution in [0.1, 0.15) is 36.6 Å². The summed E-state index contributed by atoms with van der Waals surface area (Å²) in [5.41, 5.74) is 2.26. The van der Waals surface area contributed by atoms with Crippen LogP contribution in [-0.2, 0) is 16.2 Å². The topological polar surface area (TPSA) is 79.3 Å². The summed E-state index contributed by atoms with van der Waals surface area (Å²) in [5.74, 6) is -0.316. The summed E-state index contributed by atoms with van der Waals surface area (Å²) in [6.45, 7) is 7.20. The maximum Gasteiger partial charge on any atom is 0.295 e. The Labute approximate surface area is 223 Å². The molecule has 7 heteroatoms. The molecule has 1 amide bonds.